The summed E-state index contributed by atoms with van der Waals surface area (Å²) in [4.78, 5) is 16.7. The van der Waals surface area contributed by atoms with Gasteiger partial charge in [0.1, 0.15) is 22.9 Å². The van der Waals surface area contributed by atoms with Gasteiger partial charge in [-0.2, -0.15) is 0 Å². The first-order valence-electron chi connectivity index (χ1n) is 9.69. The summed E-state index contributed by atoms with van der Waals surface area (Å²) in [5, 5.41) is 2.63. The molecule has 1 heterocycles. The summed E-state index contributed by atoms with van der Waals surface area (Å²) in [6.45, 7) is 0.593. The van der Waals surface area contributed by atoms with Crippen LogP contribution in [0.15, 0.2) is 65.7 Å². The van der Waals surface area contributed by atoms with Crippen molar-refractivity contribution in [3.63, 3.8) is 0 Å². The van der Waals surface area contributed by atoms with Gasteiger partial charge in [-0.25, -0.2) is 13.4 Å². The maximum absolute atomic E-state index is 13.0. The Morgan fingerprint density at radius 3 is 2.55 bits per heavy atom. The molecule has 9 nitrogen and oxygen atoms in total. The molecule has 0 bridgehead atoms. The number of methoxy groups -OCH3 is 2. The van der Waals surface area contributed by atoms with Crippen LogP contribution in [0.5, 0.6) is 11.6 Å². The predicted octanol–water partition coefficient (Wildman–Crippen LogP) is 3.82. The number of amides is 1. The van der Waals surface area contributed by atoms with E-state index in [1.165, 1.54) is 31.5 Å². The molecule has 3 rings (SSSR count). The fourth-order valence-electron chi connectivity index (χ4n) is 2.80. The lowest BCUT2D eigenvalue weighted by Crippen LogP contribution is -2.17. The molecule has 0 radical (unpaired) electrons. The van der Waals surface area contributed by atoms with Gasteiger partial charge in [0, 0.05) is 18.9 Å². The summed E-state index contributed by atoms with van der Waals surface area (Å²) < 4.78 is 44.1. The van der Waals surface area contributed by atoms with Gasteiger partial charge in [0.15, 0.2) is 0 Å². The van der Waals surface area contributed by atoms with E-state index in [4.69, 9.17) is 25.8 Å². The third kappa shape index (κ3) is 6.13. The van der Waals surface area contributed by atoms with Crippen molar-refractivity contribution >= 4 is 38.9 Å². The number of nitrogens with one attached hydrogen (secondary N) is 2. The Bertz CT molecular complexity index is 1240. The number of halogens is 1. The van der Waals surface area contributed by atoms with Gasteiger partial charge < -0.3 is 19.5 Å². The van der Waals surface area contributed by atoms with Gasteiger partial charge in [0.2, 0.25) is 5.88 Å². The highest BCUT2D eigenvalue weighted by Crippen LogP contribution is 2.30. The molecule has 0 unspecified atom stereocenters. The van der Waals surface area contributed by atoms with Crippen molar-refractivity contribution in [1.29, 1.82) is 0 Å². The van der Waals surface area contributed by atoms with Gasteiger partial charge in [0.05, 0.1) is 24.4 Å². The normalized spacial score (nSPS) is 11.0. The number of benzene rings is 2. The van der Waals surface area contributed by atoms with E-state index in [1.54, 1.807) is 43.5 Å². The number of carbonyl (C=O) groups excluding carboxylic acids is 1. The third-order valence-electron chi connectivity index (χ3n) is 4.38. The fraction of sp³-hybridized carbons (Fsp3) is 0.182. The number of pyridine rings is 1. The molecule has 1 amide bonds. The van der Waals surface area contributed by atoms with E-state index in [0.717, 1.165) is 0 Å². The van der Waals surface area contributed by atoms with Crippen molar-refractivity contribution in [1.82, 2.24) is 4.98 Å². The van der Waals surface area contributed by atoms with E-state index in [2.05, 4.69) is 15.0 Å². The quantitative estimate of drug-likeness (QED) is 0.414. The summed E-state index contributed by atoms with van der Waals surface area (Å²) in [5.74, 6) is -0.0174. The SMILES string of the molecule is COCCOc1ncccc1NC(=O)c1ccc(Cl)c(S(=O)(=O)Nc2ccccc2OC)c1. The van der Waals surface area contributed by atoms with Gasteiger partial charge in [-0.05, 0) is 42.5 Å². The molecule has 0 aliphatic heterocycles. The van der Waals surface area contributed by atoms with Crippen molar-refractivity contribution in [3.05, 3.63) is 71.4 Å². The lowest BCUT2D eigenvalue weighted by molar-refractivity contribution is 0.102. The average Bonchev–Trinajstić information content (AvgIpc) is 2.80. The van der Waals surface area contributed by atoms with Crippen molar-refractivity contribution in [2.75, 3.05) is 37.5 Å². The lowest BCUT2D eigenvalue weighted by Gasteiger charge is -2.14. The van der Waals surface area contributed by atoms with Crippen LogP contribution in [-0.4, -0.2) is 46.7 Å². The number of rotatable bonds is 10. The molecule has 3 aromatic rings. The van der Waals surface area contributed by atoms with Gasteiger partial charge in [0.25, 0.3) is 15.9 Å². The lowest BCUT2D eigenvalue weighted by atomic mass is 10.2. The summed E-state index contributed by atoms with van der Waals surface area (Å²) in [5.41, 5.74) is 0.635. The van der Waals surface area contributed by atoms with E-state index in [9.17, 15) is 13.2 Å². The van der Waals surface area contributed by atoms with E-state index in [0.29, 0.717) is 18.0 Å². The number of hydrogen-bond donors (Lipinski definition) is 2. The first-order chi connectivity index (χ1) is 15.9. The minimum absolute atomic E-state index is 0.0427. The van der Waals surface area contributed by atoms with Gasteiger partial charge >= 0.3 is 0 Å². The zero-order chi connectivity index (χ0) is 23.8. The van der Waals surface area contributed by atoms with Crippen molar-refractivity contribution in [3.8, 4) is 11.6 Å². The molecule has 1 aromatic heterocycles. The highest BCUT2D eigenvalue weighted by Gasteiger charge is 2.22. The van der Waals surface area contributed by atoms with Crippen molar-refractivity contribution in [2.24, 2.45) is 0 Å². The molecule has 2 aromatic carbocycles. The summed E-state index contributed by atoms with van der Waals surface area (Å²) in [6, 6.07) is 13.7. The van der Waals surface area contributed by atoms with Crippen LogP contribution in [0.25, 0.3) is 0 Å². The maximum atomic E-state index is 13.0. The van der Waals surface area contributed by atoms with Crippen LogP contribution in [0.1, 0.15) is 10.4 Å². The molecular formula is C22H22ClN3O6S. The summed E-state index contributed by atoms with van der Waals surface area (Å²) >= 11 is 6.16. The van der Waals surface area contributed by atoms with Crippen molar-refractivity contribution < 1.29 is 27.4 Å². The Kier molecular flexibility index (Phi) is 8.10. The molecular weight excluding hydrogens is 470 g/mol. The Morgan fingerprint density at radius 2 is 1.79 bits per heavy atom. The number of nitrogens with zero attached hydrogens (tertiary/aromatic N) is 1. The maximum Gasteiger partial charge on any atom is 0.263 e. The van der Waals surface area contributed by atoms with Gasteiger partial charge in [-0.3, -0.25) is 9.52 Å². The number of para-hydroxylation sites is 2. The fourth-order valence-corrected chi connectivity index (χ4v) is 4.39. The van der Waals surface area contributed by atoms with Crippen LogP contribution in [0.2, 0.25) is 5.02 Å². The standard InChI is InChI=1S/C22H22ClN3O6S/c1-30-12-13-32-22-18(7-5-11-24-22)25-21(27)15-9-10-16(23)20(14-15)33(28,29)26-17-6-3-4-8-19(17)31-2/h3-11,14,26H,12-13H2,1-2H3,(H,25,27). The Balaban J connectivity index is 1.85. The molecule has 2 N–H and O–H groups in total. The topological polar surface area (TPSA) is 116 Å². The molecule has 0 atom stereocenters. The highest BCUT2D eigenvalue weighted by atomic mass is 35.5. The number of sulfonamides is 1. The molecule has 174 valence electrons. The average molecular weight is 492 g/mol. The zero-order valence-corrected chi connectivity index (χ0v) is 19.4. The number of hydrogen-bond acceptors (Lipinski definition) is 7. The van der Waals surface area contributed by atoms with Crippen LogP contribution < -0.4 is 19.5 Å². The van der Waals surface area contributed by atoms with E-state index in [-0.39, 0.29) is 33.7 Å². The number of anilines is 2. The van der Waals surface area contributed by atoms with E-state index in [1.807, 2.05) is 0 Å². The summed E-state index contributed by atoms with van der Waals surface area (Å²) in [6.07, 6.45) is 1.52. The molecule has 0 spiro atoms. The summed E-state index contributed by atoms with van der Waals surface area (Å²) in [7, 11) is -1.15. The Hall–Kier alpha value is -3.34. The molecule has 0 saturated heterocycles. The monoisotopic (exact) mass is 491 g/mol. The second-order valence-corrected chi connectivity index (χ2v) is 8.66. The van der Waals surface area contributed by atoms with E-state index >= 15 is 0 Å². The smallest absolute Gasteiger partial charge is 0.263 e. The predicted molar refractivity (Wildman–Crippen MR) is 125 cm³/mol. The number of ether oxygens (including phenoxy) is 3. The molecule has 11 heteroatoms. The minimum atomic E-state index is -4.12. The number of carbonyl (C=O) groups is 1. The molecule has 0 fully saturated rings. The molecule has 0 aliphatic rings. The van der Waals surface area contributed by atoms with Crippen LogP contribution >= 0.6 is 11.6 Å². The Morgan fingerprint density at radius 1 is 1.03 bits per heavy atom. The molecule has 0 saturated carbocycles. The van der Waals surface area contributed by atoms with Crippen LogP contribution in [0.4, 0.5) is 11.4 Å². The van der Waals surface area contributed by atoms with Gasteiger partial charge in [-0.15, -0.1) is 0 Å². The Labute approximate surface area is 196 Å². The zero-order valence-electron chi connectivity index (χ0n) is 17.9. The van der Waals surface area contributed by atoms with Crippen LogP contribution in [0.3, 0.4) is 0 Å². The third-order valence-corrected chi connectivity index (χ3v) is 6.23. The first-order valence-corrected chi connectivity index (χ1v) is 11.6. The van der Waals surface area contributed by atoms with E-state index < -0.39 is 15.9 Å². The first kappa shape index (κ1) is 24.3. The molecule has 33 heavy (non-hydrogen) atoms. The second kappa shape index (κ2) is 11.0. The number of aromatic nitrogens is 1. The van der Waals surface area contributed by atoms with Crippen LogP contribution in [0, 0.1) is 0 Å². The van der Waals surface area contributed by atoms with Crippen LogP contribution in [-0.2, 0) is 14.8 Å². The van der Waals surface area contributed by atoms with Crippen molar-refractivity contribution in [2.45, 2.75) is 4.90 Å². The largest absolute Gasteiger partial charge is 0.495 e. The second-order valence-electron chi connectivity index (χ2n) is 6.60. The minimum Gasteiger partial charge on any atom is -0.495 e. The highest BCUT2D eigenvalue weighted by molar-refractivity contribution is 7.92. The van der Waals surface area contributed by atoms with Gasteiger partial charge in [-0.1, -0.05) is 23.7 Å². The molecule has 0 aliphatic carbocycles.